The summed E-state index contributed by atoms with van der Waals surface area (Å²) >= 11 is 0. The Hall–Kier alpha value is -1.67. The Morgan fingerprint density at radius 2 is 1.76 bits per heavy atom. The van der Waals surface area contributed by atoms with Gasteiger partial charge in [0, 0.05) is 19.6 Å². The summed E-state index contributed by atoms with van der Waals surface area (Å²) < 4.78 is 5.32. The predicted octanol–water partition coefficient (Wildman–Crippen LogP) is 0.427. The molecule has 0 bridgehead atoms. The molecule has 120 valence electrons. The molecule has 21 heavy (non-hydrogen) atoms. The van der Waals surface area contributed by atoms with E-state index in [-0.39, 0.29) is 6.01 Å². The first-order valence-corrected chi connectivity index (χ1v) is 7.10. The van der Waals surface area contributed by atoms with E-state index in [1.165, 1.54) is 0 Å². The Morgan fingerprint density at radius 1 is 1.14 bits per heavy atom. The van der Waals surface area contributed by atoms with Gasteiger partial charge in [0.25, 0.3) is 0 Å². The zero-order valence-electron chi connectivity index (χ0n) is 13.5. The van der Waals surface area contributed by atoms with Crippen LogP contribution < -0.4 is 15.4 Å². The molecule has 1 rings (SSSR count). The maximum atomic E-state index is 10.3. The van der Waals surface area contributed by atoms with Crippen LogP contribution in [0.15, 0.2) is 0 Å². The molecule has 0 amide bonds. The van der Waals surface area contributed by atoms with Crippen LogP contribution in [0.3, 0.4) is 0 Å². The Morgan fingerprint density at radius 3 is 2.29 bits per heavy atom. The third-order valence-electron chi connectivity index (χ3n) is 2.51. The molecule has 1 aromatic rings. The van der Waals surface area contributed by atoms with Crippen LogP contribution in [0.1, 0.15) is 20.8 Å². The maximum absolute atomic E-state index is 10.3. The standard InChI is InChI=1S/C13H26N6O2/c1-6-14-10-16-11(18-12(17-10)21-7-2)15-8-13(3,20)9-19(4)5/h20H,6-9H2,1-5H3,(H2,14,15,16,17,18). The maximum Gasteiger partial charge on any atom is 0.323 e. The topological polar surface area (TPSA) is 95.4 Å². The average Bonchev–Trinajstić information content (AvgIpc) is 2.36. The Labute approximate surface area is 126 Å². The lowest BCUT2D eigenvalue weighted by molar-refractivity contribution is 0.0458. The number of anilines is 2. The normalized spacial score (nSPS) is 13.9. The van der Waals surface area contributed by atoms with Crippen molar-refractivity contribution >= 4 is 11.9 Å². The van der Waals surface area contributed by atoms with Gasteiger partial charge in [-0.1, -0.05) is 0 Å². The first kappa shape index (κ1) is 17.4. The van der Waals surface area contributed by atoms with Crippen LogP contribution in [0.2, 0.25) is 0 Å². The first-order chi connectivity index (χ1) is 9.86. The third kappa shape index (κ3) is 6.54. The second-order valence-electron chi connectivity index (χ2n) is 5.32. The highest BCUT2D eigenvalue weighted by Crippen LogP contribution is 2.13. The van der Waals surface area contributed by atoms with Crippen LogP contribution in [0.4, 0.5) is 11.9 Å². The molecule has 0 saturated carbocycles. The number of nitrogens with one attached hydrogen (secondary N) is 2. The fraction of sp³-hybridized carbons (Fsp3) is 0.769. The van der Waals surface area contributed by atoms with Gasteiger partial charge >= 0.3 is 6.01 Å². The van der Waals surface area contributed by atoms with Crippen LogP contribution in [-0.4, -0.2) is 70.9 Å². The molecule has 1 unspecified atom stereocenters. The van der Waals surface area contributed by atoms with Crippen LogP contribution in [0, 0.1) is 0 Å². The molecular formula is C13H26N6O2. The number of likely N-dealkylation sites (N-methyl/N-ethyl adjacent to an activating group) is 1. The lowest BCUT2D eigenvalue weighted by Gasteiger charge is -2.27. The van der Waals surface area contributed by atoms with Gasteiger partial charge in [0.2, 0.25) is 11.9 Å². The van der Waals surface area contributed by atoms with Crippen LogP contribution in [-0.2, 0) is 0 Å². The van der Waals surface area contributed by atoms with E-state index < -0.39 is 5.60 Å². The first-order valence-electron chi connectivity index (χ1n) is 7.10. The van der Waals surface area contributed by atoms with Crippen molar-refractivity contribution in [1.82, 2.24) is 19.9 Å². The van der Waals surface area contributed by atoms with Gasteiger partial charge < -0.3 is 25.4 Å². The van der Waals surface area contributed by atoms with Crippen molar-refractivity contribution in [3.8, 4) is 6.01 Å². The average molecular weight is 298 g/mol. The van der Waals surface area contributed by atoms with Gasteiger partial charge in [-0.3, -0.25) is 0 Å². The Balaban J connectivity index is 2.76. The van der Waals surface area contributed by atoms with E-state index in [4.69, 9.17) is 4.74 Å². The molecule has 0 saturated heterocycles. The summed E-state index contributed by atoms with van der Waals surface area (Å²) in [5.41, 5.74) is -0.889. The van der Waals surface area contributed by atoms with Crippen LogP contribution in [0.5, 0.6) is 6.01 Å². The number of aliphatic hydroxyl groups is 1. The predicted molar refractivity (Wildman–Crippen MR) is 82.8 cm³/mol. The van der Waals surface area contributed by atoms with Crippen molar-refractivity contribution in [2.45, 2.75) is 26.4 Å². The highest BCUT2D eigenvalue weighted by atomic mass is 16.5. The molecule has 0 fully saturated rings. The molecule has 3 N–H and O–H groups in total. The number of rotatable bonds is 9. The van der Waals surface area contributed by atoms with E-state index >= 15 is 0 Å². The zero-order chi connectivity index (χ0) is 15.9. The van der Waals surface area contributed by atoms with E-state index in [0.717, 1.165) is 0 Å². The van der Waals surface area contributed by atoms with Gasteiger partial charge in [-0.25, -0.2) is 0 Å². The Kier molecular flexibility index (Phi) is 6.57. The summed E-state index contributed by atoms with van der Waals surface area (Å²) in [6, 6.07) is 0.262. The number of hydrogen-bond acceptors (Lipinski definition) is 8. The van der Waals surface area contributed by atoms with Crippen molar-refractivity contribution in [1.29, 1.82) is 0 Å². The smallest absolute Gasteiger partial charge is 0.323 e. The highest BCUT2D eigenvalue weighted by Gasteiger charge is 2.21. The molecule has 0 aromatic carbocycles. The molecule has 0 aliphatic rings. The molecule has 0 spiro atoms. The summed E-state index contributed by atoms with van der Waals surface area (Å²) in [7, 11) is 3.82. The van der Waals surface area contributed by atoms with Crippen molar-refractivity contribution < 1.29 is 9.84 Å². The van der Waals surface area contributed by atoms with Crippen molar-refractivity contribution in [2.24, 2.45) is 0 Å². The number of hydrogen-bond donors (Lipinski definition) is 3. The lowest BCUT2D eigenvalue weighted by Crippen LogP contribution is -2.43. The highest BCUT2D eigenvalue weighted by molar-refractivity contribution is 5.36. The quantitative estimate of drug-likeness (QED) is 0.604. The molecule has 0 radical (unpaired) electrons. The van der Waals surface area contributed by atoms with Crippen molar-refractivity contribution in [2.75, 3.05) is 51.0 Å². The minimum Gasteiger partial charge on any atom is -0.464 e. The van der Waals surface area contributed by atoms with Gasteiger partial charge in [-0.15, -0.1) is 0 Å². The van der Waals surface area contributed by atoms with E-state index in [1.54, 1.807) is 6.92 Å². The SMILES string of the molecule is CCNc1nc(NCC(C)(O)CN(C)C)nc(OCC)n1. The molecule has 0 aliphatic heterocycles. The van der Waals surface area contributed by atoms with E-state index in [1.807, 2.05) is 32.8 Å². The van der Waals surface area contributed by atoms with Gasteiger partial charge in [-0.2, -0.15) is 15.0 Å². The van der Waals surface area contributed by atoms with Gasteiger partial charge in [0.05, 0.1) is 12.2 Å². The van der Waals surface area contributed by atoms with E-state index in [9.17, 15) is 5.11 Å². The molecule has 1 heterocycles. The van der Waals surface area contributed by atoms with Crippen molar-refractivity contribution in [3.63, 3.8) is 0 Å². The summed E-state index contributed by atoms with van der Waals surface area (Å²) in [4.78, 5) is 14.5. The zero-order valence-corrected chi connectivity index (χ0v) is 13.5. The second-order valence-corrected chi connectivity index (χ2v) is 5.32. The largest absolute Gasteiger partial charge is 0.464 e. The molecular weight excluding hydrogens is 272 g/mol. The molecule has 1 aromatic heterocycles. The van der Waals surface area contributed by atoms with Crippen molar-refractivity contribution in [3.05, 3.63) is 0 Å². The number of ether oxygens (including phenoxy) is 1. The lowest BCUT2D eigenvalue weighted by atomic mass is 10.1. The van der Waals surface area contributed by atoms with Gasteiger partial charge in [0.15, 0.2) is 0 Å². The minimum absolute atomic E-state index is 0.262. The molecule has 8 heteroatoms. The van der Waals surface area contributed by atoms with E-state index in [2.05, 4.69) is 25.6 Å². The number of aromatic nitrogens is 3. The molecule has 1 atom stereocenters. The summed E-state index contributed by atoms with van der Waals surface area (Å²) in [6.45, 7) is 7.62. The van der Waals surface area contributed by atoms with E-state index in [0.29, 0.717) is 38.1 Å². The summed E-state index contributed by atoms with van der Waals surface area (Å²) in [5.74, 6) is 0.828. The number of nitrogens with zero attached hydrogens (tertiary/aromatic N) is 4. The second kappa shape index (κ2) is 7.94. The molecule has 0 aliphatic carbocycles. The fourth-order valence-corrected chi connectivity index (χ4v) is 1.87. The third-order valence-corrected chi connectivity index (χ3v) is 2.51. The molecule has 8 nitrogen and oxygen atoms in total. The summed E-state index contributed by atoms with van der Waals surface area (Å²) in [5, 5.41) is 16.3. The van der Waals surface area contributed by atoms with Crippen LogP contribution in [0.25, 0.3) is 0 Å². The van der Waals surface area contributed by atoms with Gasteiger partial charge in [0.1, 0.15) is 0 Å². The van der Waals surface area contributed by atoms with Crippen LogP contribution >= 0.6 is 0 Å². The summed E-state index contributed by atoms with van der Waals surface area (Å²) in [6.07, 6.45) is 0. The monoisotopic (exact) mass is 298 g/mol. The minimum atomic E-state index is -0.889. The fourth-order valence-electron chi connectivity index (χ4n) is 1.87. The van der Waals surface area contributed by atoms with Gasteiger partial charge in [-0.05, 0) is 34.9 Å². The Bertz CT molecular complexity index is 414.